The Hall–Kier alpha value is -3.20. The molecule has 4 aromatic rings. The minimum atomic E-state index is -0.785. The monoisotopic (exact) mass is 434 g/mol. The van der Waals surface area contributed by atoms with Gasteiger partial charge in [0, 0.05) is 19.0 Å². The first-order valence-corrected chi connectivity index (χ1v) is 9.47. The van der Waals surface area contributed by atoms with Crippen LogP contribution in [0.2, 0.25) is 5.02 Å². The lowest BCUT2D eigenvalue weighted by Crippen LogP contribution is -2.05. The molecule has 10 heteroatoms. The number of halogens is 3. The molecule has 0 bridgehead atoms. The van der Waals surface area contributed by atoms with E-state index in [1.165, 1.54) is 6.07 Å². The molecule has 0 aliphatic rings. The van der Waals surface area contributed by atoms with Crippen molar-refractivity contribution in [3.05, 3.63) is 70.0 Å². The van der Waals surface area contributed by atoms with Crippen LogP contribution >= 0.6 is 11.6 Å². The third-order valence-electron chi connectivity index (χ3n) is 4.43. The molecule has 0 saturated carbocycles. The molecule has 1 aromatic carbocycles. The molecule has 4 rings (SSSR count). The van der Waals surface area contributed by atoms with Crippen molar-refractivity contribution in [1.29, 1.82) is 0 Å². The molecule has 0 spiro atoms. The summed E-state index contributed by atoms with van der Waals surface area (Å²) in [4.78, 5) is 0. The molecular weight excluding hydrogens is 418 g/mol. The van der Waals surface area contributed by atoms with Crippen LogP contribution in [0, 0.1) is 25.5 Å². The number of aryl methyl sites for hydroxylation is 3. The summed E-state index contributed by atoms with van der Waals surface area (Å²) in [6.07, 6.45) is 0.478. The number of aromatic nitrogens is 4. The van der Waals surface area contributed by atoms with Gasteiger partial charge in [0.2, 0.25) is 5.89 Å². The molecule has 0 saturated heterocycles. The van der Waals surface area contributed by atoms with Crippen LogP contribution in [0.25, 0.3) is 11.7 Å². The van der Waals surface area contributed by atoms with Gasteiger partial charge >= 0.3 is 0 Å². The highest BCUT2D eigenvalue weighted by atomic mass is 35.5. The molecule has 156 valence electrons. The Balaban J connectivity index is 1.38. The van der Waals surface area contributed by atoms with Crippen LogP contribution < -0.4 is 4.74 Å². The van der Waals surface area contributed by atoms with E-state index < -0.39 is 11.6 Å². The second-order valence-electron chi connectivity index (χ2n) is 6.59. The van der Waals surface area contributed by atoms with Gasteiger partial charge in [-0.1, -0.05) is 11.6 Å². The average Bonchev–Trinajstić information content (AvgIpc) is 3.43. The largest absolute Gasteiger partial charge is 0.483 e. The van der Waals surface area contributed by atoms with E-state index in [2.05, 4.69) is 15.3 Å². The van der Waals surface area contributed by atoms with Gasteiger partial charge in [0.25, 0.3) is 5.89 Å². The maximum Gasteiger partial charge on any atom is 0.283 e. The number of ether oxygens (including phenoxy) is 1. The average molecular weight is 435 g/mol. The second-order valence-corrected chi connectivity index (χ2v) is 6.97. The summed E-state index contributed by atoms with van der Waals surface area (Å²) >= 11 is 6.15. The molecule has 0 fully saturated rings. The van der Waals surface area contributed by atoms with E-state index in [-0.39, 0.29) is 18.2 Å². The van der Waals surface area contributed by atoms with Crippen LogP contribution in [-0.2, 0) is 19.6 Å². The fraction of sp³-hybridized carbons (Fsp3) is 0.250. The number of nitrogens with zero attached hydrogens (tertiary/aromatic N) is 4. The zero-order chi connectivity index (χ0) is 21.3. The molecule has 7 nitrogen and oxygen atoms in total. The third-order valence-corrected chi connectivity index (χ3v) is 4.98. The summed E-state index contributed by atoms with van der Waals surface area (Å²) in [6, 6.07) is 6.39. The van der Waals surface area contributed by atoms with Crippen molar-refractivity contribution in [3.8, 4) is 17.4 Å². The summed E-state index contributed by atoms with van der Waals surface area (Å²) in [5.74, 6) is -0.0992. The molecule has 0 N–H and O–H groups in total. The molecular formula is C20H17ClF2N4O3. The van der Waals surface area contributed by atoms with E-state index in [1.807, 2.05) is 13.8 Å². The fourth-order valence-corrected chi connectivity index (χ4v) is 3.00. The third kappa shape index (κ3) is 4.20. The molecule has 30 heavy (non-hydrogen) atoms. The zero-order valence-electron chi connectivity index (χ0n) is 16.2. The standard InChI is InChI=1S/C20H17ClF2N4O3/c1-11-19(21)12(2)27(26-11)8-7-18-24-25-20(30-18)17-6-4-14(29-17)10-28-16-5-3-13(22)9-15(16)23/h3-6,9H,7-8,10H2,1-2H3. The van der Waals surface area contributed by atoms with Gasteiger partial charge in [-0.2, -0.15) is 5.10 Å². The summed E-state index contributed by atoms with van der Waals surface area (Å²) < 4.78 is 44.9. The van der Waals surface area contributed by atoms with Crippen molar-refractivity contribution in [2.45, 2.75) is 33.4 Å². The molecule has 0 radical (unpaired) electrons. The Kier molecular flexibility index (Phi) is 5.54. The minimum Gasteiger partial charge on any atom is -0.483 e. The summed E-state index contributed by atoms with van der Waals surface area (Å²) in [7, 11) is 0. The number of benzene rings is 1. The Morgan fingerprint density at radius 3 is 2.67 bits per heavy atom. The Morgan fingerprint density at radius 1 is 1.10 bits per heavy atom. The highest BCUT2D eigenvalue weighted by molar-refractivity contribution is 6.31. The summed E-state index contributed by atoms with van der Waals surface area (Å²) in [6.45, 7) is 4.24. The molecule has 0 aliphatic carbocycles. The Labute approximate surface area is 175 Å². The smallest absolute Gasteiger partial charge is 0.283 e. The normalized spacial score (nSPS) is 11.2. The van der Waals surface area contributed by atoms with Gasteiger partial charge in [0.15, 0.2) is 17.3 Å². The lowest BCUT2D eigenvalue weighted by atomic mass is 10.3. The van der Waals surface area contributed by atoms with Crippen LogP contribution in [-0.4, -0.2) is 20.0 Å². The lowest BCUT2D eigenvalue weighted by molar-refractivity contribution is 0.258. The van der Waals surface area contributed by atoms with Crippen molar-refractivity contribution in [2.75, 3.05) is 0 Å². The SMILES string of the molecule is Cc1nn(CCc2nnc(-c3ccc(COc4ccc(F)cc4F)o3)o2)c(C)c1Cl. The molecule has 0 aliphatic heterocycles. The first-order valence-electron chi connectivity index (χ1n) is 9.09. The van der Waals surface area contributed by atoms with Crippen LogP contribution in [0.15, 0.2) is 39.2 Å². The van der Waals surface area contributed by atoms with Crippen molar-refractivity contribution in [2.24, 2.45) is 0 Å². The van der Waals surface area contributed by atoms with E-state index in [0.717, 1.165) is 23.5 Å². The zero-order valence-corrected chi connectivity index (χ0v) is 16.9. The number of furan rings is 1. The van der Waals surface area contributed by atoms with E-state index >= 15 is 0 Å². The second kappa shape index (κ2) is 8.27. The molecule has 3 heterocycles. The van der Waals surface area contributed by atoms with Crippen LogP contribution in [0.3, 0.4) is 0 Å². The van der Waals surface area contributed by atoms with E-state index in [4.69, 9.17) is 25.2 Å². The van der Waals surface area contributed by atoms with Gasteiger partial charge in [-0.05, 0) is 38.1 Å². The highest BCUT2D eigenvalue weighted by Gasteiger charge is 2.15. The minimum absolute atomic E-state index is 0.0395. The molecule has 0 atom stereocenters. The van der Waals surface area contributed by atoms with Gasteiger partial charge in [0.1, 0.15) is 18.2 Å². The summed E-state index contributed by atoms with van der Waals surface area (Å²) in [5, 5.41) is 13.0. The van der Waals surface area contributed by atoms with Crippen LogP contribution in [0.4, 0.5) is 8.78 Å². The molecule has 0 amide bonds. The first kappa shape index (κ1) is 20.1. The van der Waals surface area contributed by atoms with Crippen LogP contribution in [0.1, 0.15) is 23.0 Å². The Bertz CT molecular complexity index is 1180. The van der Waals surface area contributed by atoms with Crippen molar-refractivity contribution in [1.82, 2.24) is 20.0 Å². The topological polar surface area (TPSA) is 79.1 Å². The van der Waals surface area contributed by atoms with Crippen LogP contribution in [0.5, 0.6) is 5.75 Å². The van der Waals surface area contributed by atoms with E-state index in [9.17, 15) is 8.78 Å². The van der Waals surface area contributed by atoms with E-state index in [0.29, 0.717) is 35.4 Å². The van der Waals surface area contributed by atoms with Crippen molar-refractivity contribution >= 4 is 11.6 Å². The molecule has 0 unspecified atom stereocenters. The van der Waals surface area contributed by atoms with Gasteiger partial charge in [-0.3, -0.25) is 4.68 Å². The maximum absolute atomic E-state index is 13.6. The van der Waals surface area contributed by atoms with Gasteiger partial charge < -0.3 is 13.6 Å². The quantitative estimate of drug-likeness (QED) is 0.412. The Morgan fingerprint density at radius 2 is 1.93 bits per heavy atom. The van der Waals surface area contributed by atoms with Gasteiger partial charge in [0.05, 0.1) is 16.4 Å². The van der Waals surface area contributed by atoms with Crippen molar-refractivity contribution < 1.29 is 22.4 Å². The predicted molar refractivity (Wildman–Crippen MR) is 103 cm³/mol. The summed E-state index contributed by atoms with van der Waals surface area (Å²) in [5.41, 5.74) is 1.65. The van der Waals surface area contributed by atoms with E-state index in [1.54, 1.807) is 16.8 Å². The highest BCUT2D eigenvalue weighted by Crippen LogP contribution is 2.24. The first-order chi connectivity index (χ1) is 14.4. The maximum atomic E-state index is 13.6. The fourth-order valence-electron chi connectivity index (χ4n) is 2.86. The van der Waals surface area contributed by atoms with Gasteiger partial charge in [-0.15, -0.1) is 10.2 Å². The predicted octanol–water partition coefficient (Wildman–Crippen LogP) is 4.90. The van der Waals surface area contributed by atoms with Gasteiger partial charge in [-0.25, -0.2) is 8.78 Å². The van der Waals surface area contributed by atoms with Crippen molar-refractivity contribution in [3.63, 3.8) is 0 Å². The molecule has 3 aromatic heterocycles. The number of rotatable bonds is 7. The number of hydrogen-bond acceptors (Lipinski definition) is 6. The lowest BCUT2D eigenvalue weighted by Gasteiger charge is -2.05. The number of hydrogen-bond donors (Lipinski definition) is 0.